The van der Waals surface area contributed by atoms with Crippen LogP contribution in [0.1, 0.15) is 189 Å². The van der Waals surface area contributed by atoms with Crippen LogP contribution in [0, 0.1) is 27.7 Å². The summed E-state index contributed by atoms with van der Waals surface area (Å²) in [4.78, 5) is 0. The van der Waals surface area contributed by atoms with Gasteiger partial charge in [0.15, 0.2) is 5.79 Å². The Morgan fingerprint density at radius 2 is 0.942 bits per heavy atom. The maximum atomic E-state index is 10.7. The fourth-order valence-electron chi connectivity index (χ4n) is 10.4. The van der Waals surface area contributed by atoms with Crippen LogP contribution in [0.4, 0.5) is 0 Å². The standard InChI is InChI=1S/C32H48O4.C29H44O4/c1-9-31(33,10-2)18-17-25-13-14-26(19-23(25)5)32(11-3,12-4)27-15-16-29(24(6)20-27)34-21-28-22-35-30(7,8)36-28;1-7-28(32,8-2)16-15-23-11-12-24(17-21(23)5)29(9-3,10-4)25-13-14-27(22(6)18-25)33-20-26(31)19-30/h13-16,19-20,28,33H,9-12,17-18,21-22H2,1-8H3;11-14,17-18,26,30-32H,7-10,15-16,19-20H2,1-6H3. The lowest BCUT2D eigenvalue weighted by Gasteiger charge is -2.34. The quantitative estimate of drug-likeness (QED) is 0.0519. The molecule has 2 atom stereocenters. The number of benzene rings is 4. The van der Waals surface area contributed by atoms with Crippen LogP contribution in [0.15, 0.2) is 72.8 Å². The van der Waals surface area contributed by atoms with E-state index in [2.05, 4.69) is 143 Å². The van der Waals surface area contributed by atoms with Gasteiger partial charge in [-0.05, 0) is 186 Å². The molecule has 5 rings (SSSR count). The fourth-order valence-corrected chi connectivity index (χ4v) is 10.4. The normalized spacial score (nSPS) is 15.7. The first-order valence-corrected chi connectivity index (χ1v) is 26.4. The van der Waals surface area contributed by atoms with E-state index in [1.165, 1.54) is 44.5 Å². The van der Waals surface area contributed by atoms with Crippen molar-refractivity contribution < 1.29 is 39.4 Å². The third-order valence-electron chi connectivity index (χ3n) is 16.1. The summed E-state index contributed by atoms with van der Waals surface area (Å²) in [5, 5.41) is 40.0. The summed E-state index contributed by atoms with van der Waals surface area (Å²) in [5.74, 6) is 1.10. The number of aryl methyl sites for hydroxylation is 6. The topological polar surface area (TPSA) is 118 Å². The molecular weight excluding hydrogens is 861 g/mol. The number of aliphatic hydroxyl groups excluding tert-OH is 2. The Morgan fingerprint density at radius 3 is 1.26 bits per heavy atom. The molecule has 0 aliphatic carbocycles. The van der Waals surface area contributed by atoms with Gasteiger partial charge in [0.25, 0.3) is 0 Å². The minimum absolute atomic E-state index is 0.0448. The smallest absolute Gasteiger partial charge is 0.163 e. The third-order valence-corrected chi connectivity index (χ3v) is 16.1. The molecule has 1 fully saturated rings. The third kappa shape index (κ3) is 14.4. The predicted molar refractivity (Wildman–Crippen MR) is 284 cm³/mol. The highest BCUT2D eigenvalue weighted by molar-refractivity contribution is 5.48. The molecule has 0 bridgehead atoms. The van der Waals surface area contributed by atoms with Gasteiger partial charge in [-0.2, -0.15) is 0 Å². The molecule has 4 N–H and O–H groups in total. The SMILES string of the molecule is CCC(O)(CC)CCc1ccc(C(CC)(CC)c2ccc(OCC(O)CO)c(C)c2)cc1C.CCC(O)(CC)CCc1ccc(C(CC)(CC)c2ccc(OCC3COC(C)(C)O3)c(C)c2)cc1C. The molecule has 69 heavy (non-hydrogen) atoms. The lowest BCUT2D eigenvalue weighted by Crippen LogP contribution is -2.28. The summed E-state index contributed by atoms with van der Waals surface area (Å²) < 4.78 is 23.4. The molecule has 4 aromatic carbocycles. The van der Waals surface area contributed by atoms with E-state index in [0.717, 1.165) is 99.7 Å². The van der Waals surface area contributed by atoms with Crippen LogP contribution >= 0.6 is 0 Å². The van der Waals surface area contributed by atoms with Crippen molar-refractivity contribution in [3.63, 3.8) is 0 Å². The van der Waals surface area contributed by atoms with Gasteiger partial charge in [-0.3, -0.25) is 0 Å². The largest absolute Gasteiger partial charge is 0.491 e. The zero-order valence-corrected chi connectivity index (χ0v) is 45.3. The van der Waals surface area contributed by atoms with Gasteiger partial charge in [0, 0.05) is 10.8 Å². The minimum atomic E-state index is -0.874. The van der Waals surface area contributed by atoms with Gasteiger partial charge in [-0.25, -0.2) is 0 Å². The van der Waals surface area contributed by atoms with Gasteiger partial charge >= 0.3 is 0 Å². The van der Waals surface area contributed by atoms with Crippen LogP contribution in [-0.4, -0.2) is 76.1 Å². The van der Waals surface area contributed by atoms with Crippen LogP contribution < -0.4 is 9.47 Å². The summed E-state index contributed by atoms with van der Waals surface area (Å²) >= 11 is 0. The van der Waals surface area contributed by atoms with Gasteiger partial charge in [-0.15, -0.1) is 0 Å². The molecular formula is C61H92O8. The van der Waals surface area contributed by atoms with Crippen LogP contribution in [0.5, 0.6) is 11.5 Å². The first-order valence-electron chi connectivity index (χ1n) is 26.4. The van der Waals surface area contributed by atoms with E-state index in [9.17, 15) is 15.3 Å². The molecule has 0 radical (unpaired) electrons. The Balaban J connectivity index is 0.000000302. The van der Waals surface area contributed by atoms with Crippen molar-refractivity contribution in [2.75, 3.05) is 26.4 Å². The summed E-state index contributed by atoms with van der Waals surface area (Å²) in [6.45, 7) is 30.6. The Bertz CT molecular complexity index is 2190. The second kappa shape index (κ2) is 25.6. The second-order valence-corrected chi connectivity index (χ2v) is 20.6. The van der Waals surface area contributed by atoms with E-state index in [4.69, 9.17) is 24.1 Å². The molecule has 8 nitrogen and oxygen atoms in total. The molecule has 0 saturated carbocycles. The second-order valence-electron chi connectivity index (χ2n) is 20.6. The van der Waals surface area contributed by atoms with Crippen molar-refractivity contribution in [1.82, 2.24) is 0 Å². The molecule has 0 amide bonds. The molecule has 4 aromatic rings. The van der Waals surface area contributed by atoms with Gasteiger partial charge in [0.1, 0.15) is 36.9 Å². The number of aliphatic hydroxyl groups is 4. The summed E-state index contributed by atoms with van der Waals surface area (Å²) in [7, 11) is 0. The Labute approximate surface area is 418 Å². The van der Waals surface area contributed by atoms with Gasteiger partial charge < -0.3 is 39.4 Å². The molecule has 0 spiro atoms. The highest BCUT2D eigenvalue weighted by Crippen LogP contribution is 2.43. The molecule has 1 aliphatic heterocycles. The van der Waals surface area contributed by atoms with Crippen molar-refractivity contribution in [1.29, 1.82) is 0 Å². The highest BCUT2D eigenvalue weighted by atomic mass is 16.7. The Hall–Kier alpha value is -3.76. The molecule has 1 aliphatic rings. The fraction of sp³-hybridized carbons (Fsp3) is 0.607. The maximum absolute atomic E-state index is 10.7. The van der Waals surface area contributed by atoms with Crippen molar-refractivity contribution in [2.24, 2.45) is 0 Å². The Morgan fingerprint density at radius 1 is 0.565 bits per heavy atom. The zero-order chi connectivity index (χ0) is 51.2. The number of hydrogen-bond donors (Lipinski definition) is 4. The van der Waals surface area contributed by atoms with Gasteiger partial charge in [-0.1, -0.05) is 116 Å². The number of rotatable bonds is 25. The van der Waals surface area contributed by atoms with E-state index in [1.807, 2.05) is 26.8 Å². The average Bonchev–Trinajstić information content (AvgIpc) is 3.71. The zero-order valence-electron chi connectivity index (χ0n) is 45.3. The molecule has 384 valence electrons. The van der Waals surface area contributed by atoms with Crippen molar-refractivity contribution in [2.45, 2.75) is 214 Å². The van der Waals surface area contributed by atoms with Crippen molar-refractivity contribution in [3.8, 4) is 11.5 Å². The van der Waals surface area contributed by atoms with E-state index >= 15 is 0 Å². The first kappa shape index (κ1) is 57.8. The van der Waals surface area contributed by atoms with E-state index in [-0.39, 0.29) is 30.1 Å². The van der Waals surface area contributed by atoms with E-state index in [0.29, 0.717) is 13.2 Å². The molecule has 1 heterocycles. The van der Waals surface area contributed by atoms with Crippen molar-refractivity contribution in [3.05, 3.63) is 128 Å². The summed E-state index contributed by atoms with van der Waals surface area (Å²) in [5.41, 5.74) is 11.4. The van der Waals surface area contributed by atoms with Crippen LogP contribution in [0.3, 0.4) is 0 Å². The molecule has 2 unspecified atom stereocenters. The molecule has 8 heteroatoms. The van der Waals surface area contributed by atoms with Crippen LogP contribution in [0.2, 0.25) is 0 Å². The molecule has 1 saturated heterocycles. The van der Waals surface area contributed by atoms with E-state index in [1.54, 1.807) is 0 Å². The van der Waals surface area contributed by atoms with Gasteiger partial charge in [0.05, 0.1) is 24.4 Å². The summed E-state index contributed by atoms with van der Waals surface area (Å²) in [6, 6.07) is 26.8. The maximum Gasteiger partial charge on any atom is 0.163 e. The first-order chi connectivity index (χ1) is 32.7. The van der Waals surface area contributed by atoms with Crippen LogP contribution in [0.25, 0.3) is 0 Å². The van der Waals surface area contributed by atoms with Crippen LogP contribution in [-0.2, 0) is 33.1 Å². The lowest BCUT2D eigenvalue weighted by atomic mass is 9.69. The number of ether oxygens (including phenoxy) is 4. The summed E-state index contributed by atoms with van der Waals surface area (Å²) in [6.07, 6.45) is 9.66. The minimum Gasteiger partial charge on any atom is -0.491 e. The average molecular weight is 953 g/mol. The van der Waals surface area contributed by atoms with E-state index < -0.39 is 23.1 Å². The number of hydrogen-bond acceptors (Lipinski definition) is 8. The predicted octanol–water partition coefficient (Wildman–Crippen LogP) is 13.0. The van der Waals surface area contributed by atoms with Gasteiger partial charge in [0.2, 0.25) is 0 Å². The lowest BCUT2D eigenvalue weighted by molar-refractivity contribution is -0.141. The highest BCUT2D eigenvalue weighted by Gasteiger charge is 2.35. The van der Waals surface area contributed by atoms with Crippen molar-refractivity contribution >= 4 is 0 Å². The molecule has 0 aromatic heterocycles. The Kier molecular flexibility index (Phi) is 21.4. The monoisotopic (exact) mass is 953 g/mol.